The summed E-state index contributed by atoms with van der Waals surface area (Å²) in [6, 6.07) is 15.0. The molecule has 30 heavy (non-hydrogen) atoms. The van der Waals surface area contributed by atoms with Crippen molar-refractivity contribution in [2.75, 3.05) is 34.2 Å². The fourth-order valence-corrected chi connectivity index (χ4v) is 2.90. The molecule has 2 rings (SSSR count). The van der Waals surface area contributed by atoms with Gasteiger partial charge in [-0.05, 0) is 49.2 Å². The molecule has 0 aliphatic heterocycles. The highest BCUT2D eigenvalue weighted by Gasteiger charge is 2.09. The van der Waals surface area contributed by atoms with Gasteiger partial charge in [-0.25, -0.2) is 0 Å². The molecule has 0 saturated carbocycles. The maximum absolute atomic E-state index is 12.1. The first kappa shape index (κ1) is 26.0. The van der Waals surface area contributed by atoms with E-state index in [1.165, 1.54) is 0 Å². The second-order valence-corrected chi connectivity index (χ2v) is 7.35. The van der Waals surface area contributed by atoms with Crippen molar-refractivity contribution in [3.05, 3.63) is 64.7 Å². The highest BCUT2D eigenvalue weighted by atomic mass is 127. The molecule has 0 bridgehead atoms. The number of halogens is 2. The van der Waals surface area contributed by atoms with Crippen LogP contribution in [0.5, 0.6) is 5.75 Å². The van der Waals surface area contributed by atoms with Gasteiger partial charge in [0.15, 0.2) is 5.96 Å². The number of hydrogen-bond donors (Lipinski definition) is 2. The number of benzene rings is 2. The summed E-state index contributed by atoms with van der Waals surface area (Å²) in [6.07, 6.45) is 0.727. The summed E-state index contributed by atoms with van der Waals surface area (Å²) >= 11 is 5.98. The van der Waals surface area contributed by atoms with Crippen LogP contribution in [0.15, 0.2) is 53.5 Å². The van der Waals surface area contributed by atoms with Crippen LogP contribution in [-0.4, -0.2) is 57.1 Å². The van der Waals surface area contributed by atoms with E-state index < -0.39 is 0 Å². The normalized spacial score (nSPS) is 11.8. The lowest BCUT2D eigenvalue weighted by molar-refractivity contribution is 0.0827. The molecular formula is C22H30ClIN4O2. The third kappa shape index (κ3) is 8.79. The predicted molar refractivity (Wildman–Crippen MR) is 134 cm³/mol. The number of amides is 1. The second kappa shape index (κ2) is 13.3. The van der Waals surface area contributed by atoms with Crippen LogP contribution < -0.4 is 15.4 Å². The minimum atomic E-state index is -0.0549. The molecule has 0 spiro atoms. The Morgan fingerprint density at radius 2 is 1.90 bits per heavy atom. The standard InChI is InChI=1S/C22H29ClN4O2.HI/c1-16(29-20-10-6-9-19(23)14-20)15-26-22(24-2)25-12-11-17-7-5-8-18(13-17)21(28)27(3)4;/h5-10,13-14,16H,11-12,15H2,1-4H3,(H2,24,25,26);1H. The second-order valence-electron chi connectivity index (χ2n) is 6.92. The van der Waals surface area contributed by atoms with Gasteiger partial charge in [0.2, 0.25) is 0 Å². The van der Waals surface area contributed by atoms with Gasteiger partial charge in [0.1, 0.15) is 11.9 Å². The summed E-state index contributed by atoms with van der Waals surface area (Å²) in [6.45, 7) is 3.27. The molecule has 0 aliphatic rings. The zero-order valence-electron chi connectivity index (χ0n) is 17.8. The van der Waals surface area contributed by atoms with Crippen molar-refractivity contribution < 1.29 is 9.53 Å². The monoisotopic (exact) mass is 544 g/mol. The number of carbonyl (C=O) groups excluding carboxylic acids is 1. The molecule has 0 radical (unpaired) electrons. The summed E-state index contributed by atoms with van der Waals surface area (Å²) in [5, 5.41) is 7.19. The summed E-state index contributed by atoms with van der Waals surface area (Å²) in [4.78, 5) is 17.9. The Morgan fingerprint density at radius 3 is 2.57 bits per heavy atom. The maximum Gasteiger partial charge on any atom is 0.253 e. The number of nitrogens with one attached hydrogen (secondary N) is 2. The minimum absolute atomic E-state index is 0. The lowest BCUT2D eigenvalue weighted by atomic mass is 10.1. The van der Waals surface area contributed by atoms with Gasteiger partial charge in [-0.15, -0.1) is 24.0 Å². The van der Waals surface area contributed by atoms with E-state index in [4.69, 9.17) is 16.3 Å². The average molecular weight is 545 g/mol. The van der Waals surface area contributed by atoms with Crippen molar-refractivity contribution in [3.8, 4) is 5.75 Å². The molecule has 2 aromatic carbocycles. The van der Waals surface area contributed by atoms with Crippen LogP contribution >= 0.6 is 35.6 Å². The number of rotatable bonds is 8. The Labute approximate surface area is 201 Å². The third-order valence-electron chi connectivity index (χ3n) is 4.20. The largest absolute Gasteiger partial charge is 0.489 e. The molecule has 1 amide bonds. The Kier molecular flexibility index (Phi) is 11.6. The summed E-state index contributed by atoms with van der Waals surface area (Å²) < 4.78 is 5.85. The first-order valence-electron chi connectivity index (χ1n) is 9.56. The first-order valence-corrected chi connectivity index (χ1v) is 9.94. The maximum atomic E-state index is 12.1. The summed E-state index contributed by atoms with van der Waals surface area (Å²) in [5.41, 5.74) is 1.79. The molecule has 8 heteroatoms. The van der Waals surface area contributed by atoms with Crippen molar-refractivity contribution in [2.45, 2.75) is 19.4 Å². The summed E-state index contributed by atoms with van der Waals surface area (Å²) in [7, 11) is 5.24. The Hall–Kier alpha value is -2.00. The highest BCUT2D eigenvalue weighted by molar-refractivity contribution is 14.0. The molecule has 0 saturated heterocycles. The van der Waals surface area contributed by atoms with Crippen LogP contribution in [0.2, 0.25) is 5.02 Å². The molecule has 0 fully saturated rings. The molecule has 164 valence electrons. The van der Waals surface area contributed by atoms with Crippen molar-refractivity contribution in [2.24, 2.45) is 4.99 Å². The third-order valence-corrected chi connectivity index (χ3v) is 4.44. The van der Waals surface area contributed by atoms with Crippen molar-refractivity contribution >= 4 is 47.4 Å². The zero-order valence-corrected chi connectivity index (χ0v) is 20.9. The molecular weight excluding hydrogens is 515 g/mol. The summed E-state index contributed by atoms with van der Waals surface area (Å²) in [5.74, 6) is 1.44. The van der Waals surface area contributed by atoms with Gasteiger partial charge in [0.25, 0.3) is 5.91 Å². The van der Waals surface area contributed by atoms with E-state index in [0.29, 0.717) is 29.6 Å². The number of hydrogen-bond acceptors (Lipinski definition) is 3. The van der Waals surface area contributed by atoms with Gasteiger partial charge in [-0.3, -0.25) is 9.79 Å². The van der Waals surface area contributed by atoms with Gasteiger partial charge in [-0.2, -0.15) is 0 Å². The van der Waals surface area contributed by atoms with Crippen LogP contribution in [0.3, 0.4) is 0 Å². The molecule has 2 N–H and O–H groups in total. The Bertz CT molecular complexity index is 845. The Morgan fingerprint density at radius 1 is 1.17 bits per heavy atom. The van der Waals surface area contributed by atoms with E-state index in [1.807, 2.05) is 49.4 Å². The zero-order chi connectivity index (χ0) is 21.2. The van der Waals surface area contributed by atoms with E-state index in [-0.39, 0.29) is 36.0 Å². The van der Waals surface area contributed by atoms with Crippen molar-refractivity contribution in [1.29, 1.82) is 0 Å². The van der Waals surface area contributed by atoms with Gasteiger partial charge in [0.05, 0.1) is 6.54 Å². The van der Waals surface area contributed by atoms with Crippen molar-refractivity contribution in [1.82, 2.24) is 15.5 Å². The van der Waals surface area contributed by atoms with E-state index >= 15 is 0 Å². The van der Waals surface area contributed by atoms with Gasteiger partial charge in [-0.1, -0.05) is 29.8 Å². The quantitative estimate of drug-likeness (QED) is 0.301. The number of carbonyl (C=O) groups is 1. The van der Waals surface area contributed by atoms with E-state index in [0.717, 1.165) is 17.7 Å². The molecule has 0 heterocycles. The minimum Gasteiger partial charge on any atom is -0.489 e. The van der Waals surface area contributed by atoms with E-state index in [9.17, 15) is 4.79 Å². The predicted octanol–water partition coefficient (Wildman–Crippen LogP) is 3.83. The number of nitrogens with zero attached hydrogens (tertiary/aromatic N) is 2. The van der Waals surface area contributed by atoms with E-state index in [1.54, 1.807) is 32.1 Å². The van der Waals surface area contributed by atoms with Crippen LogP contribution in [-0.2, 0) is 6.42 Å². The molecule has 1 unspecified atom stereocenters. The lowest BCUT2D eigenvalue weighted by Crippen LogP contribution is -2.42. The van der Waals surface area contributed by atoms with Crippen LogP contribution in [0.4, 0.5) is 0 Å². The smallest absolute Gasteiger partial charge is 0.253 e. The first-order chi connectivity index (χ1) is 13.9. The van der Waals surface area contributed by atoms with Crippen LogP contribution in [0, 0.1) is 0 Å². The number of ether oxygens (including phenoxy) is 1. The van der Waals surface area contributed by atoms with Gasteiger partial charge >= 0.3 is 0 Å². The highest BCUT2D eigenvalue weighted by Crippen LogP contribution is 2.18. The average Bonchev–Trinajstić information content (AvgIpc) is 2.70. The molecule has 0 aromatic heterocycles. The number of guanidine groups is 1. The topological polar surface area (TPSA) is 66.0 Å². The van der Waals surface area contributed by atoms with Crippen molar-refractivity contribution in [3.63, 3.8) is 0 Å². The molecule has 2 aromatic rings. The van der Waals surface area contributed by atoms with Crippen LogP contribution in [0.1, 0.15) is 22.8 Å². The molecule has 1 atom stereocenters. The SMILES string of the molecule is CN=C(NCCc1cccc(C(=O)N(C)C)c1)NCC(C)Oc1cccc(Cl)c1.I. The Balaban J connectivity index is 0.00000450. The van der Waals surface area contributed by atoms with E-state index in [2.05, 4.69) is 15.6 Å². The van der Waals surface area contributed by atoms with Gasteiger partial charge in [0, 0.05) is 38.3 Å². The van der Waals surface area contributed by atoms with Crippen LogP contribution in [0.25, 0.3) is 0 Å². The fraction of sp³-hybridized carbons (Fsp3) is 0.364. The number of aliphatic imine (C=N–C) groups is 1. The fourth-order valence-electron chi connectivity index (χ4n) is 2.72. The molecule has 6 nitrogen and oxygen atoms in total. The molecule has 0 aliphatic carbocycles. The lowest BCUT2D eigenvalue weighted by Gasteiger charge is -2.18. The van der Waals surface area contributed by atoms with Gasteiger partial charge < -0.3 is 20.3 Å².